The number of anilines is 1. The maximum atomic E-state index is 13.7. The molecule has 0 aliphatic carbocycles. The summed E-state index contributed by atoms with van der Waals surface area (Å²) in [5, 5.41) is 8.43. The SMILES string of the molecule is COCCOc1ccc(N2CCN(C(=O)C3c4ccccc4Oc4ccccc43)CC2)nn1. The number of para-hydroxylation sites is 2. The molecule has 8 heteroatoms. The second-order valence-corrected chi connectivity index (χ2v) is 7.99. The summed E-state index contributed by atoms with van der Waals surface area (Å²) in [6.45, 7) is 3.56. The molecular weight excluding hydrogens is 420 g/mol. The van der Waals surface area contributed by atoms with E-state index in [2.05, 4.69) is 15.1 Å². The fourth-order valence-electron chi connectivity index (χ4n) is 4.30. The molecule has 0 spiro atoms. The number of methoxy groups -OCH3 is 1. The van der Waals surface area contributed by atoms with E-state index >= 15 is 0 Å². The molecule has 3 heterocycles. The summed E-state index contributed by atoms with van der Waals surface area (Å²) < 4.78 is 16.5. The minimum Gasteiger partial charge on any atom is -0.474 e. The van der Waals surface area contributed by atoms with E-state index < -0.39 is 0 Å². The lowest BCUT2D eigenvalue weighted by atomic mass is 9.86. The minimum absolute atomic E-state index is 0.103. The molecule has 0 radical (unpaired) electrons. The maximum absolute atomic E-state index is 13.7. The molecule has 33 heavy (non-hydrogen) atoms. The number of hydrogen-bond acceptors (Lipinski definition) is 7. The molecule has 2 aliphatic rings. The van der Waals surface area contributed by atoms with Crippen molar-refractivity contribution < 1.29 is 19.0 Å². The number of aromatic nitrogens is 2. The summed E-state index contributed by atoms with van der Waals surface area (Å²) >= 11 is 0. The van der Waals surface area contributed by atoms with Crippen LogP contribution in [0.4, 0.5) is 5.82 Å². The minimum atomic E-state index is -0.360. The highest BCUT2D eigenvalue weighted by Gasteiger charge is 2.36. The van der Waals surface area contributed by atoms with Crippen LogP contribution in [-0.2, 0) is 9.53 Å². The van der Waals surface area contributed by atoms with Gasteiger partial charge in [-0.2, -0.15) is 0 Å². The number of hydrogen-bond donors (Lipinski definition) is 0. The number of fused-ring (bicyclic) bond motifs is 2. The third kappa shape index (κ3) is 4.34. The highest BCUT2D eigenvalue weighted by atomic mass is 16.5. The van der Waals surface area contributed by atoms with Crippen LogP contribution in [0.1, 0.15) is 17.0 Å². The first kappa shape index (κ1) is 21.2. The molecule has 0 atom stereocenters. The Hall–Kier alpha value is -3.65. The summed E-state index contributed by atoms with van der Waals surface area (Å²) in [6, 6.07) is 19.3. The lowest BCUT2D eigenvalue weighted by Crippen LogP contribution is -2.50. The van der Waals surface area contributed by atoms with Gasteiger partial charge in [0.05, 0.1) is 12.5 Å². The quantitative estimate of drug-likeness (QED) is 0.539. The number of ether oxygens (including phenoxy) is 3. The molecule has 3 aromatic rings. The van der Waals surface area contributed by atoms with Gasteiger partial charge in [0.1, 0.15) is 18.1 Å². The molecule has 1 saturated heterocycles. The summed E-state index contributed by atoms with van der Waals surface area (Å²) in [6.07, 6.45) is 0. The van der Waals surface area contributed by atoms with Crippen LogP contribution in [0.15, 0.2) is 60.7 Å². The van der Waals surface area contributed by atoms with Crippen LogP contribution >= 0.6 is 0 Å². The molecule has 170 valence electrons. The Morgan fingerprint density at radius 2 is 1.58 bits per heavy atom. The first-order chi connectivity index (χ1) is 16.2. The molecule has 1 aromatic heterocycles. The van der Waals surface area contributed by atoms with Crippen molar-refractivity contribution in [3.8, 4) is 17.4 Å². The van der Waals surface area contributed by atoms with E-state index in [0.717, 1.165) is 28.4 Å². The molecule has 0 unspecified atom stereocenters. The monoisotopic (exact) mass is 446 g/mol. The number of nitrogens with zero attached hydrogens (tertiary/aromatic N) is 4. The Morgan fingerprint density at radius 3 is 2.18 bits per heavy atom. The Balaban J connectivity index is 1.27. The second-order valence-electron chi connectivity index (χ2n) is 7.99. The van der Waals surface area contributed by atoms with E-state index in [-0.39, 0.29) is 11.8 Å². The van der Waals surface area contributed by atoms with Crippen molar-refractivity contribution in [3.05, 3.63) is 71.8 Å². The number of rotatable bonds is 6. The zero-order valence-electron chi connectivity index (χ0n) is 18.5. The maximum Gasteiger partial charge on any atom is 0.234 e. The third-order valence-electron chi connectivity index (χ3n) is 6.01. The van der Waals surface area contributed by atoms with Gasteiger partial charge in [0, 0.05) is 50.5 Å². The fraction of sp³-hybridized carbons (Fsp3) is 0.320. The predicted octanol–water partition coefficient (Wildman–Crippen LogP) is 3.09. The summed E-state index contributed by atoms with van der Waals surface area (Å²) in [5.41, 5.74) is 1.83. The summed E-state index contributed by atoms with van der Waals surface area (Å²) in [5.74, 6) is 2.49. The van der Waals surface area contributed by atoms with Crippen molar-refractivity contribution in [2.75, 3.05) is 51.4 Å². The molecule has 0 N–H and O–H groups in total. The molecule has 8 nitrogen and oxygen atoms in total. The molecule has 1 amide bonds. The van der Waals surface area contributed by atoms with Crippen LogP contribution in [0.2, 0.25) is 0 Å². The van der Waals surface area contributed by atoms with Crippen molar-refractivity contribution in [3.63, 3.8) is 0 Å². The Kier molecular flexibility index (Phi) is 6.08. The number of carbonyl (C=O) groups is 1. The van der Waals surface area contributed by atoms with Crippen LogP contribution in [0.3, 0.4) is 0 Å². The molecule has 2 aliphatic heterocycles. The first-order valence-electron chi connectivity index (χ1n) is 11.1. The highest BCUT2D eigenvalue weighted by molar-refractivity contribution is 5.90. The molecule has 2 aromatic carbocycles. The van der Waals surface area contributed by atoms with E-state index in [1.165, 1.54) is 0 Å². The van der Waals surface area contributed by atoms with Gasteiger partial charge < -0.3 is 24.0 Å². The van der Waals surface area contributed by atoms with Crippen molar-refractivity contribution in [1.82, 2.24) is 15.1 Å². The molecule has 0 bridgehead atoms. The fourth-order valence-corrected chi connectivity index (χ4v) is 4.30. The third-order valence-corrected chi connectivity index (χ3v) is 6.01. The lowest BCUT2D eigenvalue weighted by molar-refractivity contribution is -0.132. The van der Waals surface area contributed by atoms with Gasteiger partial charge in [-0.3, -0.25) is 4.79 Å². The molecule has 0 saturated carbocycles. The van der Waals surface area contributed by atoms with Gasteiger partial charge in [-0.25, -0.2) is 0 Å². The Bertz CT molecular complexity index is 1070. The largest absolute Gasteiger partial charge is 0.474 e. The highest BCUT2D eigenvalue weighted by Crippen LogP contribution is 2.44. The number of amides is 1. The van der Waals surface area contributed by atoms with Crippen molar-refractivity contribution in [2.45, 2.75) is 5.92 Å². The van der Waals surface area contributed by atoms with Gasteiger partial charge in [0.2, 0.25) is 11.8 Å². The van der Waals surface area contributed by atoms with Gasteiger partial charge in [0.15, 0.2) is 5.82 Å². The van der Waals surface area contributed by atoms with Crippen molar-refractivity contribution in [2.24, 2.45) is 0 Å². The summed E-state index contributed by atoms with van der Waals surface area (Å²) in [7, 11) is 1.63. The number of benzene rings is 2. The molecular formula is C25H26N4O4. The van der Waals surface area contributed by atoms with Crippen LogP contribution in [0, 0.1) is 0 Å². The average molecular weight is 447 g/mol. The van der Waals surface area contributed by atoms with Crippen molar-refractivity contribution in [1.29, 1.82) is 0 Å². The zero-order chi connectivity index (χ0) is 22.6. The van der Waals surface area contributed by atoms with Crippen molar-refractivity contribution >= 4 is 11.7 Å². The zero-order valence-corrected chi connectivity index (χ0v) is 18.5. The lowest BCUT2D eigenvalue weighted by Gasteiger charge is -2.38. The van der Waals surface area contributed by atoms with E-state index in [0.29, 0.717) is 45.3 Å². The van der Waals surface area contributed by atoms with Gasteiger partial charge in [-0.1, -0.05) is 36.4 Å². The topological polar surface area (TPSA) is 77.0 Å². The van der Waals surface area contributed by atoms with Gasteiger partial charge in [-0.05, 0) is 18.2 Å². The van der Waals surface area contributed by atoms with Crippen LogP contribution in [0.5, 0.6) is 17.4 Å². The summed E-state index contributed by atoms with van der Waals surface area (Å²) in [4.78, 5) is 17.8. The van der Waals surface area contributed by atoms with E-state index in [4.69, 9.17) is 14.2 Å². The van der Waals surface area contributed by atoms with Crippen LogP contribution in [-0.4, -0.2) is 67.5 Å². The normalized spacial score (nSPS) is 15.4. The van der Waals surface area contributed by atoms with E-state index in [1.807, 2.05) is 65.6 Å². The smallest absolute Gasteiger partial charge is 0.234 e. The molecule has 1 fully saturated rings. The van der Waals surface area contributed by atoms with Gasteiger partial charge in [0.25, 0.3) is 0 Å². The first-order valence-corrected chi connectivity index (χ1v) is 11.1. The molecule has 5 rings (SSSR count). The predicted molar refractivity (Wildman–Crippen MR) is 123 cm³/mol. The Morgan fingerprint density at radius 1 is 0.909 bits per heavy atom. The van der Waals surface area contributed by atoms with Gasteiger partial charge in [-0.15, -0.1) is 10.2 Å². The second kappa shape index (κ2) is 9.46. The average Bonchev–Trinajstić information content (AvgIpc) is 2.87. The standard InChI is InChI=1S/C25H26N4O4/c1-31-16-17-32-23-11-10-22(26-27-23)28-12-14-29(15-13-28)25(30)24-18-6-2-4-8-20(18)33-21-9-5-3-7-19(21)24/h2-11,24H,12-17H2,1H3. The van der Waals surface area contributed by atoms with Gasteiger partial charge >= 0.3 is 0 Å². The Labute approximate surface area is 192 Å². The number of piperazine rings is 1. The number of carbonyl (C=O) groups excluding carboxylic acids is 1. The van der Waals surface area contributed by atoms with Crippen LogP contribution < -0.4 is 14.4 Å². The van der Waals surface area contributed by atoms with E-state index in [1.54, 1.807) is 7.11 Å². The van der Waals surface area contributed by atoms with E-state index in [9.17, 15) is 4.79 Å². The van der Waals surface area contributed by atoms with Crippen LogP contribution in [0.25, 0.3) is 0 Å².